The van der Waals surface area contributed by atoms with Crippen LogP contribution >= 0.6 is 23.7 Å². The van der Waals surface area contributed by atoms with Gasteiger partial charge in [-0.1, -0.05) is 19.9 Å². The molecule has 1 aromatic rings. The Morgan fingerprint density at radius 2 is 2.04 bits per heavy atom. The number of urea groups is 1. The van der Waals surface area contributed by atoms with Crippen molar-refractivity contribution in [1.29, 1.82) is 0 Å². The van der Waals surface area contributed by atoms with Crippen LogP contribution in [0.4, 0.5) is 4.79 Å². The van der Waals surface area contributed by atoms with Crippen LogP contribution in [0.2, 0.25) is 0 Å². The standard InChI is InChI=1S/C15H26N4O2S.ClH/c1-10(2)11(16)6-7-19(3)14(20)9-12(18-15(17)21)13-5-4-8-22-13;/h4-5,8,10-12H,6-7,9,16H2,1-3H3,(H3,17,18,21);1H. The summed E-state index contributed by atoms with van der Waals surface area (Å²) in [4.78, 5) is 26.0. The first kappa shape index (κ1) is 21.7. The maximum absolute atomic E-state index is 12.3. The van der Waals surface area contributed by atoms with Crippen molar-refractivity contribution >= 4 is 35.7 Å². The van der Waals surface area contributed by atoms with Crippen molar-refractivity contribution in [1.82, 2.24) is 10.2 Å². The van der Waals surface area contributed by atoms with Crippen molar-refractivity contribution in [2.45, 2.75) is 38.8 Å². The van der Waals surface area contributed by atoms with E-state index in [1.54, 1.807) is 11.9 Å². The lowest BCUT2D eigenvalue weighted by molar-refractivity contribution is -0.130. The van der Waals surface area contributed by atoms with Gasteiger partial charge in [0.15, 0.2) is 0 Å². The average Bonchev–Trinajstić information content (AvgIpc) is 2.96. The molecule has 0 bridgehead atoms. The molecule has 0 saturated carbocycles. The largest absolute Gasteiger partial charge is 0.352 e. The summed E-state index contributed by atoms with van der Waals surface area (Å²) in [6, 6.07) is 2.83. The molecule has 0 radical (unpaired) electrons. The molecule has 0 fully saturated rings. The number of nitrogens with two attached hydrogens (primary N) is 2. The van der Waals surface area contributed by atoms with Gasteiger partial charge in [0, 0.05) is 24.5 Å². The smallest absolute Gasteiger partial charge is 0.312 e. The molecule has 0 aliphatic rings. The third-order valence-corrected chi connectivity index (χ3v) is 4.65. The number of nitrogens with zero attached hydrogens (tertiary/aromatic N) is 1. The molecule has 0 aromatic carbocycles. The second-order valence-electron chi connectivity index (χ2n) is 5.79. The number of nitrogens with one attached hydrogen (secondary N) is 1. The van der Waals surface area contributed by atoms with Crippen LogP contribution in [0.15, 0.2) is 17.5 Å². The quantitative estimate of drug-likeness (QED) is 0.659. The predicted octanol–water partition coefficient (Wildman–Crippen LogP) is 2.10. The van der Waals surface area contributed by atoms with E-state index in [2.05, 4.69) is 19.2 Å². The molecule has 0 aliphatic heterocycles. The summed E-state index contributed by atoms with van der Waals surface area (Å²) in [6.07, 6.45) is 0.948. The zero-order chi connectivity index (χ0) is 16.7. The molecule has 1 heterocycles. The third kappa shape index (κ3) is 7.67. The number of primary amides is 1. The maximum atomic E-state index is 12.3. The van der Waals surface area contributed by atoms with Gasteiger partial charge in [0.05, 0.1) is 12.5 Å². The van der Waals surface area contributed by atoms with Gasteiger partial charge < -0.3 is 21.7 Å². The van der Waals surface area contributed by atoms with Gasteiger partial charge in [-0.2, -0.15) is 0 Å². The number of hydrogen-bond donors (Lipinski definition) is 3. The van der Waals surface area contributed by atoms with Crippen LogP contribution in [0.3, 0.4) is 0 Å². The Balaban J connectivity index is 0.00000484. The number of amides is 3. The lowest BCUT2D eigenvalue weighted by Gasteiger charge is -2.23. The van der Waals surface area contributed by atoms with Gasteiger partial charge in [-0.15, -0.1) is 23.7 Å². The molecule has 3 amide bonds. The number of rotatable bonds is 8. The van der Waals surface area contributed by atoms with Crippen LogP contribution in [0, 0.1) is 5.92 Å². The minimum Gasteiger partial charge on any atom is -0.352 e. The Labute approximate surface area is 148 Å². The van der Waals surface area contributed by atoms with Crippen LogP contribution in [0.25, 0.3) is 0 Å². The van der Waals surface area contributed by atoms with Crippen LogP contribution in [-0.2, 0) is 4.79 Å². The fourth-order valence-electron chi connectivity index (χ4n) is 2.02. The summed E-state index contributed by atoms with van der Waals surface area (Å²) in [5.74, 6) is 0.349. The topological polar surface area (TPSA) is 101 Å². The van der Waals surface area contributed by atoms with E-state index in [0.717, 1.165) is 11.3 Å². The Kier molecular flexibility index (Phi) is 9.87. The predicted molar refractivity (Wildman–Crippen MR) is 96.7 cm³/mol. The molecule has 1 rings (SSSR count). The van der Waals surface area contributed by atoms with Crippen LogP contribution in [0.1, 0.15) is 37.6 Å². The van der Waals surface area contributed by atoms with Crippen LogP contribution in [0.5, 0.6) is 0 Å². The van der Waals surface area contributed by atoms with Gasteiger partial charge in [-0.25, -0.2) is 4.79 Å². The first-order valence-electron chi connectivity index (χ1n) is 7.40. The van der Waals surface area contributed by atoms with Gasteiger partial charge in [-0.3, -0.25) is 4.79 Å². The summed E-state index contributed by atoms with van der Waals surface area (Å²) >= 11 is 1.49. The van der Waals surface area contributed by atoms with Gasteiger partial charge in [-0.05, 0) is 23.8 Å². The SMILES string of the molecule is CC(C)C(N)CCN(C)C(=O)CC(NC(N)=O)c1cccs1.Cl. The lowest BCUT2D eigenvalue weighted by Crippen LogP contribution is -2.38. The summed E-state index contributed by atoms with van der Waals surface area (Å²) in [6.45, 7) is 4.73. The average molecular weight is 363 g/mol. The monoisotopic (exact) mass is 362 g/mol. The molecule has 6 nitrogen and oxygen atoms in total. The Morgan fingerprint density at radius 1 is 1.39 bits per heavy atom. The summed E-state index contributed by atoms with van der Waals surface area (Å²) in [5, 5.41) is 4.53. The zero-order valence-electron chi connectivity index (χ0n) is 13.8. The number of carbonyl (C=O) groups excluding carboxylic acids is 2. The Hall–Kier alpha value is -1.31. The van der Waals surface area contributed by atoms with Crippen molar-refractivity contribution < 1.29 is 9.59 Å². The van der Waals surface area contributed by atoms with E-state index in [-0.39, 0.29) is 36.8 Å². The van der Waals surface area contributed by atoms with Gasteiger partial charge in [0.1, 0.15) is 0 Å². The second kappa shape index (κ2) is 10.5. The highest BCUT2D eigenvalue weighted by Gasteiger charge is 2.21. The number of carbonyl (C=O) groups is 2. The van der Waals surface area contributed by atoms with Gasteiger partial charge in [0.25, 0.3) is 0 Å². The fraction of sp³-hybridized carbons (Fsp3) is 0.600. The first-order chi connectivity index (χ1) is 10.3. The second-order valence-corrected chi connectivity index (χ2v) is 6.77. The van der Waals surface area contributed by atoms with Gasteiger partial charge >= 0.3 is 6.03 Å². The van der Waals surface area contributed by atoms with E-state index in [0.29, 0.717) is 12.5 Å². The highest BCUT2D eigenvalue weighted by Crippen LogP contribution is 2.22. The Bertz CT molecular complexity index is 482. The minimum atomic E-state index is -0.629. The van der Waals surface area contributed by atoms with Crippen molar-refractivity contribution in [3.05, 3.63) is 22.4 Å². The molecule has 132 valence electrons. The normalized spacial score (nSPS) is 13.1. The van der Waals surface area contributed by atoms with Crippen molar-refractivity contribution in [3.63, 3.8) is 0 Å². The van der Waals surface area contributed by atoms with Crippen molar-refractivity contribution in [2.24, 2.45) is 17.4 Å². The van der Waals surface area contributed by atoms with Crippen molar-refractivity contribution in [3.8, 4) is 0 Å². The lowest BCUT2D eigenvalue weighted by atomic mass is 10.0. The number of hydrogen-bond acceptors (Lipinski definition) is 4. The zero-order valence-corrected chi connectivity index (χ0v) is 15.5. The van der Waals surface area contributed by atoms with E-state index < -0.39 is 6.03 Å². The highest BCUT2D eigenvalue weighted by molar-refractivity contribution is 7.10. The molecule has 0 aliphatic carbocycles. The Morgan fingerprint density at radius 3 is 2.52 bits per heavy atom. The molecule has 2 unspecified atom stereocenters. The number of halogens is 1. The molecule has 0 spiro atoms. The highest BCUT2D eigenvalue weighted by atomic mass is 35.5. The third-order valence-electron chi connectivity index (χ3n) is 3.66. The van der Waals surface area contributed by atoms with Gasteiger partial charge in [0.2, 0.25) is 5.91 Å². The first-order valence-corrected chi connectivity index (χ1v) is 8.28. The molecular formula is C15H27ClN4O2S. The maximum Gasteiger partial charge on any atom is 0.312 e. The minimum absolute atomic E-state index is 0. The molecule has 5 N–H and O–H groups in total. The van der Waals surface area contributed by atoms with E-state index >= 15 is 0 Å². The van der Waals surface area contributed by atoms with Crippen LogP contribution in [-0.4, -0.2) is 36.5 Å². The molecule has 0 saturated heterocycles. The molecule has 2 atom stereocenters. The van der Waals surface area contributed by atoms with E-state index in [9.17, 15) is 9.59 Å². The molecule has 23 heavy (non-hydrogen) atoms. The van der Waals surface area contributed by atoms with Crippen molar-refractivity contribution in [2.75, 3.05) is 13.6 Å². The summed E-state index contributed by atoms with van der Waals surface area (Å²) in [5.41, 5.74) is 11.2. The molecule has 8 heteroatoms. The van der Waals surface area contributed by atoms with E-state index in [1.807, 2.05) is 17.5 Å². The fourth-order valence-corrected chi connectivity index (χ4v) is 2.79. The molecule has 1 aromatic heterocycles. The molecular weight excluding hydrogens is 336 g/mol. The number of thiophene rings is 1. The summed E-state index contributed by atoms with van der Waals surface area (Å²) in [7, 11) is 1.76. The van der Waals surface area contributed by atoms with E-state index in [1.165, 1.54) is 11.3 Å². The van der Waals surface area contributed by atoms with Crippen LogP contribution < -0.4 is 16.8 Å². The van der Waals surface area contributed by atoms with E-state index in [4.69, 9.17) is 11.5 Å². The summed E-state index contributed by atoms with van der Waals surface area (Å²) < 4.78 is 0.